The molecule has 2 N–H and O–H groups in total. The van der Waals surface area contributed by atoms with Gasteiger partial charge in [0, 0.05) is 65.5 Å². The molecule has 0 fully saturated rings. The number of carbonyl (C=O) groups excluding carboxylic acids is 1. The Morgan fingerprint density at radius 2 is 1.20 bits per heavy atom. The average molecular weight is 879 g/mol. The molecule has 0 aliphatic heterocycles. The molecule has 0 radical (unpaired) electrons. The molecule has 0 unspecified atom stereocenters. The second-order valence-corrected chi connectivity index (χ2v) is 17.4. The number of benzene rings is 3. The first kappa shape index (κ1) is 45.5. The van der Waals surface area contributed by atoms with Crippen molar-refractivity contribution in [2.24, 2.45) is 0 Å². The highest BCUT2D eigenvalue weighted by atomic mass is 35.5. The van der Waals surface area contributed by atoms with Gasteiger partial charge in [-0.15, -0.1) is 0 Å². The second kappa shape index (κ2) is 23.3. The summed E-state index contributed by atoms with van der Waals surface area (Å²) in [5.41, 5.74) is 2.56. The topological polar surface area (TPSA) is 171 Å². The highest BCUT2D eigenvalue weighted by Gasteiger charge is 2.16. The van der Waals surface area contributed by atoms with Gasteiger partial charge in [-0.25, -0.2) is 24.7 Å². The molecule has 0 saturated heterocycles. The number of hydrogen-bond donors (Lipinski definition) is 2. The Kier molecular flexibility index (Phi) is 18.0. The Morgan fingerprint density at radius 1 is 0.678 bits per heavy atom. The number of rotatable bonds is 22. The molecule has 2 aromatic heterocycles. The number of nitrogens with zero attached hydrogens (tertiary/aromatic N) is 7. The summed E-state index contributed by atoms with van der Waals surface area (Å²) in [5.74, 6) is 3.90. The Morgan fingerprint density at radius 3 is 1.80 bits per heavy atom. The fraction of sp³-hybridized carbons (Fsp3) is 0.405. The van der Waals surface area contributed by atoms with Gasteiger partial charge in [-0.3, -0.25) is 10.1 Å². The zero-order chi connectivity index (χ0) is 42.0. The third-order valence-electron chi connectivity index (χ3n) is 8.57. The van der Waals surface area contributed by atoms with E-state index in [1.807, 2.05) is 81.4 Å². The Balaban J connectivity index is 1.19. The van der Waals surface area contributed by atoms with Crippen LogP contribution in [0.25, 0.3) is 0 Å². The van der Waals surface area contributed by atoms with E-state index in [0.29, 0.717) is 101 Å². The lowest BCUT2D eigenvalue weighted by atomic mass is 10.0. The number of aryl methyl sites for hydroxylation is 4. The van der Waals surface area contributed by atoms with Crippen molar-refractivity contribution in [3.8, 4) is 0 Å². The molecule has 13 nitrogen and oxygen atoms in total. The van der Waals surface area contributed by atoms with Crippen LogP contribution in [0.3, 0.4) is 0 Å². The summed E-state index contributed by atoms with van der Waals surface area (Å²) in [6.45, 7) is 6.48. The van der Waals surface area contributed by atoms with Crippen molar-refractivity contribution in [3.63, 3.8) is 0 Å². The minimum Gasteiger partial charge on any atom is -0.444 e. The van der Waals surface area contributed by atoms with E-state index in [-0.39, 0.29) is 10.6 Å². The minimum atomic E-state index is -0.570. The number of nitro benzene ring substituents is 1. The zero-order valence-electron chi connectivity index (χ0n) is 33.5. The van der Waals surface area contributed by atoms with Gasteiger partial charge < -0.3 is 15.4 Å². The third-order valence-corrected chi connectivity index (χ3v) is 10.9. The predicted molar refractivity (Wildman–Crippen MR) is 235 cm³/mol. The molecule has 0 aliphatic carbocycles. The van der Waals surface area contributed by atoms with Crippen molar-refractivity contribution in [2.45, 2.75) is 106 Å². The monoisotopic (exact) mass is 877 g/mol. The van der Waals surface area contributed by atoms with E-state index in [2.05, 4.69) is 10.6 Å². The molecular weight excluding hydrogens is 830 g/mol. The van der Waals surface area contributed by atoms with Crippen LogP contribution in [0.15, 0.2) is 83.1 Å². The smallest absolute Gasteiger partial charge is 0.407 e. The Labute approximate surface area is 363 Å². The van der Waals surface area contributed by atoms with Crippen LogP contribution in [0.5, 0.6) is 0 Å². The zero-order valence-corrected chi connectivity index (χ0v) is 36.6. The second-order valence-electron chi connectivity index (χ2n) is 14.6. The Bertz CT molecular complexity index is 2130. The van der Waals surface area contributed by atoms with Crippen LogP contribution in [-0.2, 0) is 41.9 Å². The van der Waals surface area contributed by atoms with Gasteiger partial charge in [-0.1, -0.05) is 95.6 Å². The maximum Gasteiger partial charge on any atom is 0.407 e. The van der Waals surface area contributed by atoms with Crippen molar-refractivity contribution in [3.05, 3.63) is 127 Å². The van der Waals surface area contributed by atoms with Gasteiger partial charge in [-0.2, -0.15) is 9.97 Å². The molecule has 0 atom stereocenters. The lowest BCUT2D eigenvalue weighted by Gasteiger charge is -2.19. The number of carbonyl (C=O) groups is 1. The maximum absolute atomic E-state index is 12.1. The fourth-order valence-corrected chi connectivity index (χ4v) is 7.61. The lowest BCUT2D eigenvalue weighted by Crippen LogP contribution is -2.33. The van der Waals surface area contributed by atoms with Crippen LogP contribution >= 0.6 is 46.7 Å². The van der Waals surface area contributed by atoms with E-state index in [4.69, 9.17) is 57.8 Å². The van der Waals surface area contributed by atoms with Gasteiger partial charge in [0.15, 0.2) is 10.3 Å². The number of nitro groups is 1. The summed E-state index contributed by atoms with van der Waals surface area (Å²) >= 11 is 15.3. The highest BCUT2D eigenvalue weighted by Crippen LogP contribution is 2.24. The molecule has 0 aliphatic rings. The first-order chi connectivity index (χ1) is 28.4. The molecule has 1 amide bonds. The standard InChI is InChI=1S/C42H49Cl2N9O4S2/c1-42(2,3)57-41(54)46-26-10-16-37-48-38(52-40(51-37)59-28-30-19-23-33(44)24-20-30)45-25-9-15-36-47-35(49-39(50-36)58-27-29-17-21-32(43)22-18-29)14-6-4-5-11-31-12-7-8-13-34(31)53(55)56/h7-8,12-13,17-24H,4-6,9-11,14-16,25-28H2,1-3H3,(H,46,54)(H,45,48,51,52). The van der Waals surface area contributed by atoms with Gasteiger partial charge in [0.25, 0.3) is 5.69 Å². The third kappa shape index (κ3) is 16.9. The highest BCUT2D eigenvalue weighted by molar-refractivity contribution is 7.98. The van der Waals surface area contributed by atoms with Crippen LogP contribution in [0.4, 0.5) is 16.4 Å². The summed E-state index contributed by atoms with van der Waals surface area (Å²) in [7, 11) is 0. The van der Waals surface area contributed by atoms with Crippen molar-refractivity contribution in [2.75, 3.05) is 18.4 Å². The molecule has 0 bridgehead atoms. The maximum atomic E-state index is 12.1. The summed E-state index contributed by atoms with van der Waals surface area (Å²) in [4.78, 5) is 51.8. The van der Waals surface area contributed by atoms with Crippen molar-refractivity contribution < 1.29 is 14.5 Å². The number of ether oxygens (including phenoxy) is 1. The summed E-state index contributed by atoms with van der Waals surface area (Å²) in [5, 5.41) is 20.2. The predicted octanol–water partition coefficient (Wildman–Crippen LogP) is 10.3. The molecule has 5 aromatic rings. The number of aromatic nitrogens is 6. The summed E-state index contributed by atoms with van der Waals surface area (Å²) in [6, 6.07) is 22.3. The molecule has 3 aromatic carbocycles. The van der Waals surface area contributed by atoms with Crippen LogP contribution < -0.4 is 10.6 Å². The minimum absolute atomic E-state index is 0.167. The molecule has 0 saturated carbocycles. The average Bonchev–Trinajstić information content (AvgIpc) is 3.20. The van der Waals surface area contributed by atoms with E-state index >= 15 is 0 Å². The molecular formula is C42H49Cl2N9O4S2. The van der Waals surface area contributed by atoms with Crippen LogP contribution in [0.1, 0.15) is 87.0 Å². The molecule has 17 heteroatoms. The van der Waals surface area contributed by atoms with Gasteiger partial charge in [0.05, 0.1) is 4.92 Å². The number of unbranched alkanes of at least 4 members (excludes halogenated alkanes) is 2. The number of para-hydroxylation sites is 1. The van der Waals surface area contributed by atoms with E-state index in [0.717, 1.165) is 41.8 Å². The quantitative estimate of drug-likeness (QED) is 0.0292. The fourth-order valence-electron chi connectivity index (χ4n) is 5.72. The SMILES string of the molecule is CC(C)(C)OC(=O)NCCCc1nc(NCCCc2nc(CCCCCc3ccccc3[N+](=O)[O-])nc(SCc3ccc(Cl)cc3)n2)nc(SCc2ccc(Cl)cc2)n1. The number of halogens is 2. The van der Waals surface area contributed by atoms with E-state index in [9.17, 15) is 14.9 Å². The van der Waals surface area contributed by atoms with Gasteiger partial charge in [0.1, 0.15) is 23.1 Å². The molecule has 2 heterocycles. The largest absolute Gasteiger partial charge is 0.444 e. The lowest BCUT2D eigenvalue weighted by molar-refractivity contribution is -0.385. The number of thioether (sulfide) groups is 2. The van der Waals surface area contributed by atoms with Crippen LogP contribution in [-0.4, -0.2) is 59.6 Å². The number of anilines is 1. The summed E-state index contributed by atoms with van der Waals surface area (Å²) in [6.07, 6.45) is 5.92. The van der Waals surface area contributed by atoms with Crippen molar-refractivity contribution >= 4 is 64.5 Å². The first-order valence-electron chi connectivity index (χ1n) is 19.5. The number of hydrogen-bond acceptors (Lipinski definition) is 13. The molecule has 5 rings (SSSR count). The summed E-state index contributed by atoms with van der Waals surface area (Å²) < 4.78 is 5.34. The molecule has 312 valence electrons. The van der Waals surface area contributed by atoms with Crippen LogP contribution in [0.2, 0.25) is 10.0 Å². The first-order valence-corrected chi connectivity index (χ1v) is 22.3. The number of nitrogens with one attached hydrogen (secondary N) is 2. The molecule has 59 heavy (non-hydrogen) atoms. The van der Waals surface area contributed by atoms with Crippen LogP contribution in [0, 0.1) is 10.1 Å². The van der Waals surface area contributed by atoms with E-state index < -0.39 is 11.7 Å². The number of amides is 1. The van der Waals surface area contributed by atoms with Gasteiger partial charge in [0.2, 0.25) is 5.95 Å². The Hall–Kier alpha value is -4.57. The van der Waals surface area contributed by atoms with E-state index in [1.165, 1.54) is 11.8 Å². The number of alkyl carbamates (subject to hydrolysis) is 1. The normalized spacial score (nSPS) is 11.3. The van der Waals surface area contributed by atoms with Crippen molar-refractivity contribution in [1.82, 2.24) is 35.2 Å². The van der Waals surface area contributed by atoms with E-state index in [1.54, 1.807) is 23.9 Å². The van der Waals surface area contributed by atoms with Crippen molar-refractivity contribution in [1.29, 1.82) is 0 Å². The van der Waals surface area contributed by atoms with Gasteiger partial charge in [-0.05, 0) is 88.3 Å². The molecule has 0 spiro atoms. The van der Waals surface area contributed by atoms with Gasteiger partial charge >= 0.3 is 6.09 Å².